The van der Waals surface area contributed by atoms with Gasteiger partial charge in [0.1, 0.15) is 11.3 Å². The van der Waals surface area contributed by atoms with Gasteiger partial charge in [-0.1, -0.05) is 0 Å². The summed E-state index contributed by atoms with van der Waals surface area (Å²) >= 11 is 0. The molecule has 6 heterocycles. The van der Waals surface area contributed by atoms with Crippen molar-refractivity contribution in [2.45, 2.75) is 6.92 Å². The van der Waals surface area contributed by atoms with E-state index in [-0.39, 0.29) is 0 Å². The minimum absolute atomic E-state index is 0.736. The van der Waals surface area contributed by atoms with E-state index in [0.717, 1.165) is 56.0 Å². The first-order chi connectivity index (χ1) is 14.8. The molecule has 8 nitrogen and oxygen atoms in total. The van der Waals surface area contributed by atoms with Crippen LogP contribution in [0.15, 0.2) is 67.6 Å². The van der Waals surface area contributed by atoms with Crippen LogP contribution in [0.5, 0.6) is 0 Å². The fourth-order valence-corrected chi connectivity index (χ4v) is 3.73. The van der Waals surface area contributed by atoms with Crippen molar-refractivity contribution in [3.63, 3.8) is 0 Å². The highest BCUT2D eigenvalue weighted by atomic mass is 15.2. The largest absolute Gasteiger partial charge is 0.338 e. The summed E-state index contributed by atoms with van der Waals surface area (Å²) in [7, 11) is 0. The third-order valence-electron chi connectivity index (χ3n) is 5.18. The molecule has 8 heteroatoms. The number of imidazole rings is 1. The van der Waals surface area contributed by atoms with E-state index in [2.05, 4.69) is 47.2 Å². The van der Waals surface area contributed by atoms with Crippen molar-refractivity contribution < 1.29 is 0 Å². The molecule has 0 aliphatic rings. The molecule has 6 aromatic heterocycles. The number of aryl methyl sites for hydroxylation is 1. The third-order valence-corrected chi connectivity index (χ3v) is 5.18. The highest BCUT2D eigenvalue weighted by Gasteiger charge is 2.15. The Hall–Kier alpha value is -4.33. The SMILES string of the molecule is Cc1cn(-c2ccnc3[nH]c(-c4n[nH]c5ncc(-c6ccncc6)cc45)cc23)cn1. The molecule has 0 unspecified atom stereocenters. The summed E-state index contributed by atoms with van der Waals surface area (Å²) in [5.41, 5.74) is 7.25. The molecule has 0 fully saturated rings. The van der Waals surface area contributed by atoms with Gasteiger partial charge in [-0.15, -0.1) is 0 Å². The maximum absolute atomic E-state index is 4.55. The molecule has 0 amide bonds. The average molecular weight is 392 g/mol. The Morgan fingerprint density at radius 1 is 0.867 bits per heavy atom. The second-order valence-electron chi connectivity index (χ2n) is 7.13. The second kappa shape index (κ2) is 6.35. The maximum atomic E-state index is 4.55. The van der Waals surface area contributed by atoms with E-state index in [1.165, 1.54) is 0 Å². The van der Waals surface area contributed by atoms with Gasteiger partial charge in [-0.3, -0.25) is 10.1 Å². The molecule has 0 bridgehead atoms. The minimum Gasteiger partial charge on any atom is -0.338 e. The number of rotatable bonds is 3. The summed E-state index contributed by atoms with van der Waals surface area (Å²) in [6.45, 7) is 1.97. The minimum atomic E-state index is 0.736. The molecule has 0 saturated heterocycles. The zero-order chi connectivity index (χ0) is 20.1. The van der Waals surface area contributed by atoms with E-state index in [1.54, 1.807) is 18.6 Å². The molecule has 0 spiro atoms. The van der Waals surface area contributed by atoms with Crippen molar-refractivity contribution in [3.05, 3.63) is 73.3 Å². The predicted octanol–water partition coefficient (Wildman–Crippen LogP) is 4.06. The summed E-state index contributed by atoms with van der Waals surface area (Å²) in [6, 6.07) is 10.1. The Morgan fingerprint density at radius 2 is 1.77 bits per heavy atom. The number of fused-ring (bicyclic) bond motifs is 2. The first kappa shape index (κ1) is 16.6. The summed E-state index contributed by atoms with van der Waals surface area (Å²) < 4.78 is 2.00. The Bertz CT molecular complexity index is 1510. The second-order valence-corrected chi connectivity index (χ2v) is 7.13. The lowest BCUT2D eigenvalue weighted by Gasteiger charge is -2.02. The molecule has 0 atom stereocenters. The van der Waals surface area contributed by atoms with Crippen molar-refractivity contribution in [2.75, 3.05) is 0 Å². The van der Waals surface area contributed by atoms with Gasteiger partial charge in [0.15, 0.2) is 5.65 Å². The molecule has 0 saturated carbocycles. The zero-order valence-corrected chi connectivity index (χ0v) is 16.0. The van der Waals surface area contributed by atoms with Crippen molar-refractivity contribution >= 4 is 22.1 Å². The quantitative estimate of drug-likeness (QED) is 0.473. The molecule has 2 N–H and O–H groups in total. The van der Waals surface area contributed by atoms with E-state index < -0.39 is 0 Å². The Balaban J connectivity index is 1.52. The van der Waals surface area contributed by atoms with Crippen LogP contribution in [-0.2, 0) is 0 Å². The molecule has 6 aromatic rings. The summed E-state index contributed by atoms with van der Waals surface area (Å²) in [6.07, 6.45) is 11.0. The molecule has 0 aliphatic heterocycles. The van der Waals surface area contributed by atoms with Crippen LogP contribution in [0.3, 0.4) is 0 Å². The smallest absolute Gasteiger partial charge is 0.155 e. The van der Waals surface area contributed by atoms with Gasteiger partial charge in [-0.25, -0.2) is 15.0 Å². The molecule has 0 aromatic carbocycles. The van der Waals surface area contributed by atoms with Gasteiger partial charge in [0.25, 0.3) is 0 Å². The average Bonchev–Trinajstić information content (AvgIpc) is 3.51. The summed E-state index contributed by atoms with van der Waals surface area (Å²) in [5.74, 6) is 0. The van der Waals surface area contributed by atoms with Crippen molar-refractivity contribution in [2.24, 2.45) is 0 Å². The molecular weight excluding hydrogens is 376 g/mol. The van der Waals surface area contributed by atoms with Crippen molar-refractivity contribution in [3.8, 4) is 28.2 Å². The molecule has 144 valence electrons. The molecular formula is C22H16N8. The first-order valence-corrected chi connectivity index (χ1v) is 9.50. The number of hydrogen-bond acceptors (Lipinski definition) is 5. The Labute approximate surface area is 170 Å². The van der Waals surface area contributed by atoms with Crippen LogP contribution in [0.25, 0.3) is 50.3 Å². The number of nitrogens with one attached hydrogen (secondary N) is 2. The molecule has 30 heavy (non-hydrogen) atoms. The van der Waals surface area contributed by atoms with E-state index in [4.69, 9.17) is 0 Å². The van der Waals surface area contributed by atoms with Gasteiger partial charge in [0.2, 0.25) is 0 Å². The fraction of sp³-hybridized carbons (Fsp3) is 0.0455. The van der Waals surface area contributed by atoms with E-state index >= 15 is 0 Å². The number of hydrogen-bond donors (Lipinski definition) is 2. The number of aromatic amines is 2. The number of nitrogens with zero attached hydrogens (tertiary/aromatic N) is 6. The highest BCUT2D eigenvalue weighted by molar-refractivity contribution is 5.97. The number of H-pyrrole nitrogens is 2. The predicted molar refractivity (Wildman–Crippen MR) is 114 cm³/mol. The standard InChI is InChI=1S/C22H16N8/c1-13-11-30(12-26-13)19-4-7-24-21-16(19)9-18(27-21)20-17-8-15(10-25-22(17)29-28-20)14-2-5-23-6-3-14/h2-12H,1H3,(H,24,27)(H,25,28,29). The first-order valence-electron chi connectivity index (χ1n) is 9.50. The highest BCUT2D eigenvalue weighted by Crippen LogP contribution is 2.31. The monoisotopic (exact) mass is 392 g/mol. The maximum Gasteiger partial charge on any atom is 0.155 e. The van der Waals surface area contributed by atoms with Crippen LogP contribution in [0.4, 0.5) is 0 Å². The topological polar surface area (TPSA) is 101 Å². The Kier molecular flexibility index (Phi) is 3.51. The van der Waals surface area contributed by atoms with Crippen LogP contribution in [-0.4, -0.2) is 39.7 Å². The number of aromatic nitrogens is 8. The Morgan fingerprint density at radius 3 is 2.60 bits per heavy atom. The van der Waals surface area contributed by atoms with Gasteiger partial charge < -0.3 is 9.55 Å². The molecule has 6 rings (SSSR count). The molecule has 0 aliphatic carbocycles. The van der Waals surface area contributed by atoms with Crippen molar-refractivity contribution in [1.82, 2.24) is 39.7 Å². The van der Waals surface area contributed by atoms with Gasteiger partial charge in [0.05, 0.1) is 23.4 Å². The van der Waals surface area contributed by atoms with Crippen LogP contribution in [0, 0.1) is 6.92 Å². The van der Waals surface area contributed by atoms with E-state index in [0.29, 0.717) is 0 Å². The number of pyridine rings is 3. The van der Waals surface area contributed by atoms with E-state index in [9.17, 15) is 0 Å². The molecule has 0 radical (unpaired) electrons. The normalized spacial score (nSPS) is 11.5. The van der Waals surface area contributed by atoms with E-state index in [1.807, 2.05) is 48.4 Å². The summed E-state index contributed by atoms with van der Waals surface area (Å²) in [5, 5.41) is 9.49. The van der Waals surface area contributed by atoms with Gasteiger partial charge >= 0.3 is 0 Å². The fourth-order valence-electron chi connectivity index (χ4n) is 3.73. The zero-order valence-electron chi connectivity index (χ0n) is 16.0. The summed E-state index contributed by atoms with van der Waals surface area (Å²) in [4.78, 5) is 20.9. The van der Waals surface area contributed by atoms with Gasteiger partial charge in [-0.2, -0.15) is 5.10 Å². The van der Waals surface area contributed by atoms with Crippen molar-refractivity contribution in [1.29, 1.82) is 0 Å². The third kappa shape index (κ3) is 2.58. The van der Waals surface area contributed by atoms with Crippen LogP contribution >= 0.6 is 0 Å². The lowest BCUT2D eigenvalue weighted by atomic mass is 10.1. The van der Waals surface area contributed by atoms with Crippen LogP contribution in [0.2, 0.25) is 0 Å². The lowest BCUT2D eigenvalue weighted by Crippen LogP contribution is -1.91. The van der Waals surface area contributed by atoms with Gasteiger partial charge in [-0.05, 0) is 42.8 Å². The van der Waals surface area contributed by atoms with Gasteiger partial charge in [0, 0.05) is 47.3 Å². The van der Waals surface area contributed by atoms with Crippen LogP contribution in [0.1, 0.15) is 5.69 Å². The van der Waals surface area contributed by atoms with Crippen LogP contribution < -0.4 is 0 Å². The lowest BCUT2D eigenvalue weighted by molar-refractivity contribution is 1.06.